The van der Waals surface area contributed by atoms with Crippen LogP contribution in [-0.4, -0.2) is 99.6 Å². The van der Waals surface area contributed by atoms with Gasteiger partial charge in [-0.1, -0.05) is 108 Å². The fourth-order valence-corrected chi connectivity index (χ4v) is 8.20. The molecule has 20 heteroatoms. The maximum atomic E-state index is 13.4. The van der Waals surface area contributed by atoms with Crippen molar-refractivity contribution in [3.05, 3.63) is 176 Å². The second-order valence-corrected chi connectivity index (χ2v) is 17.3. The zero-order valence-corrected chi connectivity index (χ0v) is 39.6. The quantitative estimate of drug-likeness (QED) is 0.101. The molecule has 2 aromatic heterocycles. The molecule has 4 aromatic carbocycles. The number of aromatic nitrogens is 4. The van der Waals surface area contributed by atoms with Gasteiger partial charge in [0.15, 0.2) is 12.2 Å². The first-order valence-corrected chi connectivity index (χ1v) is 22.9. The Morgan fingerprint density at radius 3 is 1.36 bits per heavy atom. The summed E-state index contributed by atoms with van der Waals surface area (Å²) in [4.78, 5) is 78.0. The van der Waals surface area contributed by atoms with Gasteiger partial charge in [0.25, 0.3) is 23.6 Å². The summed E-state index contributed by atoms with van der Waals surface area (Å²) in [5, 5.41) is 35.6. The van der Waals surface area contributed by atoms with Gasteiger partial charge in [0, 0.05) is 62.5 Å². The van der Waals surface area contributed by atoms with Crippen LogP contribution in [0.25, 0.3) is 0 Å². The third-order valence-electron chi connectivity index (χ3n) is 11.3. The third kappa shape index (κ3) is 13.0. The summed E-state index contributed by atoms with van der Waals surface area (Å²) < 4.78 is 13.8. The number of carbonyl (C=O) groups is 6. The average molecular weight is 994 g/mol. The number of benzene rings is 4. The van der Waals surface area contributed by atoms with E-state index in [9.17, 15) is 39.0 Å². The largest absolute Gasteiger partial charge is 0.448 e. The molecule has 2 aliphatic heterocycles. The van der Waals surface area contributed by atoms with Crippen LogP contribution in [0.5, 0.6) is 0 Å². The first-order chi connectivity index (χ1) is 33.6. The SMILES string of the molecule is CC(=O)O[C@@H](C(=O)NCc1ccn(Cc2ccccc2Cl)n1)[C@@H](OC(C)=O)C(=O)N1Cc2ccccc2C1.O=C(NCc1ccn(Cc2ccccc2Cl)n1)[C@H](O)[C@@H](O)C(=O)N1Cc2ccccc2C1. The average Bonchev–Trinajstić information content (AvgIpc) is 4.19. The van der Waals surface area contributed by atoms with Crippen LogP contribution in [-0.2, 0) is 90.6 Å². The van der Waals surface area contributed by atoms with Crippen molar-refractivity contribution in [2.75, 3.05) is 0 Å². The van der Waals surface area contributed by atoms with Crippen LogP contribution in [0, 0.1) is 0 Å². The Kier molecular flexibility index (Phi) is 16.8. The van der Waals surface area contributed by atoms with Gasteiger partial charge in [-0.05, 0) is 57.6 Å². The Bertz CT molecular complexity index is 2820. The van der Waals surface area contributed by atoms with Gasteiger partial charge in [-0.3, -0.25) is 38.1 Å². The number of rotatable bonds is 16. The number of halogens is 2. The lowest BCUT2D eigenvalue weighted by Gasteiger charge is -2.28. The van der Waals surface area contributed by atoms with Gasteiger partial charge in [0.2, 0.25) is 12.2 Å². The molecule has 4 heterocycles. The van der Waals surface area contributed by atoms with Crippen LogP contribution in [0.2, 0.25) is 10.0 Å². The number of fused-ring (bicyclic) bond motifs is 2. The first-order valence-electron chi connectivity index (χ1n) is 22.1. The normalized spacial score (nSPS) is 14.2. The second kappa shape index (κ2) is 23.3. The number of hydrogen-bond acceptors (Lipinski definition) is 12. The monoisotopic (exact) mass is 992 g/mol. The van der Waals surface area contributed by atoms with Crippen LogP contribution in [0.3, 0.4) is 0 Å². The fraction of sp³-hybridized carbons (Fsp3) is 0.280. The summed E-state index contributed by atoms with van der Waals surface area (Å²) in [5.41, 5.74) is 6.75. The van der Waals surface area contributed by atoms with E-state index in [4.69, 9.17) is 32.7 Å². The molecule has 4 atom stereocenters. The molecule has 364 valence electrons. The van der Waals surface area contributed by atoms with E-state index in [-0.39, 0.29) is 26.2 Å². The molecule has 0 saturated carbocycles. The van der Waals surface area contributed by atoms with E-state index in [2.05, 4.69) is 20.8 Å². The zero-order valence-electron chi connectivity index (χ0n) is 38.1. The second-order valence-electron chi connectivity index (χ2n) is 16.5. The van der Waals surface area contributed by atoms with Crippen LogP contribution >= 0.6 is 23.2 Å². The van der Waals surface area contributed by atoms with Crippen LogP contribution in [0.4, 0.5) is 0 Å². The Morgan fingerprint density at radius 2 is 0.929 bits per heavy atom. The van der Waals surface area contributed by atoms with Gasteiger partial charge in [0.05, 0.1) is 37.6 Å². The number of nitrogens with one attached hydrogen (secondary N) is 2. The topological polar surface area (TPSA) is 228 Å². The van der Waals surface area contributed by atoms with Crippen LogP contribution < -0.4 is 10.6 Å². The Morgan fingerprint density at radius 1 is 0.543 bits per heavy atom. The van der Waals surface area contributed by atoms with E-state index in [0.717, 1.165) is 47.2 Å². The number of amides is 4. The molecule has 2 aliphatic rings. The van der Waals surface area contributed by atoms with Crippen molar-refractivity contribution in [2.45, 2.75) is 90.6 Å². The summed E-state index contributed by atoms with van der Waals surface area (Å²) in [6.45, 7) is 4.40. The van der Waals surface area contributed by atoms with E-state index >= 15 is 0 Å². The summed E-state index contributed by atoms with van der Waals surface area (Å²) in [5.74, 6) is -4.55. The van der Waals surface area contributed by atoms with Crippen molar-refractivity contribution in [2.24, 2.45) is 0 Å². The van der Waals surface area contributed by atoms with E-state index in [1.54, 1.807) is 46.0 Å². The molecule has 4 N–H and O–H groups in total. The molecule has 0 unspecified atom stereocenters. The number of aliphatic hydroxyl groups is 2. The lowest BCUT2D eigenvalue weighted by molar-refractivity contribution is -0.178. The Balaban J connectivity index is 0.000000209. The summed E-state index contributed by atoms with van der Waals surface area (Å²) >= 11 is 12.4. The Hall–Kier alpha value is -7.38. The molecule has 18 nitrogen and oxygen atoms in total. The highest BCUT2D eigenvalue weighted by molar-refractivity contribution is 6.31. The van der Waals surface area contributed by atoms with Crippen molar-refractivity contribution >= 4 is 58.8 Å². The van der Waals surface area contributed by atoms with Crippen molar-refractivity contribution in [1.82, 2.24) is 40.0 Å². The van der Waals surface area contributed by atoms with E-state index < -0.39 is 60.0 Å². The smallest absolute Gasteiger partial charge is 0.303 e. The molecule has 0 aliphatic carbocycles. The molecule has 0 bridgehead atoms. The molecule has 6 aromatic rings. The summed E-state index contributed by atoms with van der Waals surface area (Å²) in [6.07, 6.45) is -3.56. The predicted molar refractivity (Wildman–Crippen MR) is 254 cm³/mol. The minimum absolute atomic E-state index is 0.0116. The van der Waals surface area contributed by atoms with E-state index in [1.165, 1.54) is 9.80 Å². The van der Waals surface area contributed by atoms with Crippen molar-refractivity contribution in [3.63, 3.8) is 0 Å². The van der Waals surface area contributed by atoms with Crippen molar-refractivity contribution in [3.8, 4) is 0 Å². The highest BCUT2D eigenvalue weighted by Gasteiger charge is 2.43. The van der Waals surface area contributed by atoms with Crippen molar-refractivity contribution in [1.29, 1.82) is 0 Å². The molecule has 8 rings (SSSR count). The number of esters is 2. The van der Waals surface area contributed by atoms with Gasteiger partial charge in [-0.25, -0.2) is 0 Å². The number of carbonyl (C=O) groups excluding carboxylic acids is 6. The standard InChI is InChI=1S/C27H27ClN4O6.C23H23ClN4O4/c1-17(33)37-24(25(38-18(2)34)27(36)31-14-19-7-3-4-8-20(19)15-31)26(35)29-13-22-11-12-32(30-22)16-21-9-5-6-10-23(21)28;24-19-8-4-3-7-17(19)14-28-10-9-18(26-28)11-25-22(31)20(29)21(30)23(32)27-12-15-5-1-2-6-16(15)13-27/h3-12,24-25H,13-16H2,1-2H3,(H,29,35);1-10,20-21,29-30H,11-14H2,(H,25,31)/t24-,25-;20-,21-/m11/s1. The van der Waals surface area contributed by atoms with Gasteiger partial charge in [-0.15, -0.1) is 0 Å². The Labute approximate surface area is 412 Å². The number of nitrogens with zero attached hydrogens (tertiary/aromatic N) is 6. The third-order valence-corrected chi connectivity index (χ3v) is 12.1. The maximum absolute atomic E-state index is 13.4. The highest BCUT2D eigenvalue weighted by atomic mass is 35.5. The predicted octanol–water partition coefficient (Wildman–Crippen LogP) is 4.07. The molecule has 70 heavy (non-hydrogen) atoms. The molecule has 0 saturated heterocycles. The molecule has 4 amide bonds. The molecular formula is C50H50Cl2N8O10. The van der Waals surface area contributed by atoms with Gasteiger partial charge in [-0.2, -0.15) is 10.2 Å². The summed E-state index contributed by atoms with van der Waals surface area (Å²) in [7, 11) is 0. The number of ether oxygens (including phenoxy) is 2. The van der Waals surface area contributed by atoms with Gasteiger partial charge < -0.3 is 40.1 Å². The molecular weight excluding hydrogens is 944 g/mol. The zero-order chi connectivity index (χ0) is 49.9. The van der Waals surface area contributed by atoms with Crippen molar-refractivity contribution < 1.29 is 48.5 Å². The minimum Gasteiger partial charge on any atom is -0.448 e. The van der Waals surface area contributed by atoms with Gasteiger partial charge in [0.1, 0.15) is 0 Å². The van der Waals surface area contributed by atoms with Crippen LogP contribution in [0.1, 0.15) is 58.6 Å². The van der Waals surface area contributed by atoms with Crippen LogP contribution in [0.15, 0.2) is 122 Å². The number of aliphatic hydroxyl groups excluding tert-OH is 2. The molecule has 0 spiro atoms. The van der Waals surface area contributed by atoms with Gasteiger partial charge >= 0.3 is 11.9 Å². The fourth-order valence-electron chi connectivity index (χ4n) is 7.81. The minimum atomic E-state index is -1.88. The highest BCUT2D eigenvalue weighted by Crippen LogP contribution is 2.26. The number of hydrogen-bond donors (Lipinski definition) is 4. The molecule has 0 radical (unpaired) electrons. The first kappa shape index (κ1) is 50.5. The lowest BCUT2D eigenvalue weighted by Crippen LogP contribution is -2.53. The summed E-state index contributed by atoms with van der Waals surface area (Å²) in [6, 6.07) is 33.4. The maximum Gasteiger partial charge on any atom is 0.303 e. The van der Waals surface area contributed by atoms with E-state index in [0.29, 0.717) is 47.6 Å². The van der Waals surface area contributed by atoms with E-state index in [1.807, 2.05) is 84.9 Å². The lowest BCUT2D eigenvalue weighted by atomic mass is 10.1. The molecule has 0 fully saturated rings.